The number of pyridine rings is 2. The Balaban J connectivity index is 1.27. The molecule has 9 nitrogen and oxygen atoms in total. The van der Waals surface area contributed by atoms with Gasteiger partial charge in [-0.3, -0.25) is 14.6 Å². The van der Waals surface area contributed by atoms with E-state index in [4.69, 9.17) is 14.2 Å². The average molecular weight is 517 g/mol. The summed E-state index contributed by atoms with van der Waals surface area (Å²) in [6, 6.07) is 10.3. The lowest BCUT2D eigenvalue weighted by atomic mass is 10.0. The van der Waals surface area contributed by atoms with Gasteiger partial charge in [0.25, 0.3) is 17.8 Å². The Kier molecular flexibility index (Phi) is 7.47. The lowest BCUT2D eigenvalue weighted by Gasteiger charge is -2.20. The van der Waals surface area contributed by atoms with Gasteiger partial charge in [0.2, 0.25) is 0 Å². The fraction of sp³-hybridized carbons (Fsp3) is 0.286. The molecule has 0 saturated carbocycles. The van der Waals surface area contributed by atoms with Gasteiger partial charge in [-0.25, -0.2) is 4.98 Å². The number of benzene rings is 1. The first-order chi connectivity index (χ1) is 18.5. The number of carbonyl (C=O) groups is 2. The Morgan fingerprint density at radius 2 is 2.00 bits per heavy atom. The fourth-order valence-electron chi connectivity index (χ4n) is 4.11. The van der Waals surface area contributed by atoms with Crippen LogP contribution in [0.3, 0.4) is 0 Å². The molecule has 0 aliphatic carbocycles. The highest BCUT2D eigenvalue weighted by molar-refractivity contribution is 6.03. The minimum absolute atomic E-state index is 0.00492. The molecule has 1 unspecified atom stereocenters. The molecule has 0 radical (unpaired) electrons. The summed E-state index contributed by atoms with van der Waals surface area (Å²) in [5.74, 6) is 5.66. The summed E-state index contributed by atoms with van der Waals surface area (Å²) in [6.07, 6.45) is 4.47. The molecule has 1 N–H and O–H groups in total. The van der Waals surface area contributed by atoms with E-state index in [-0.39, 0.29) is 29.7 Å². The minimum Gasteiger partial charge on any atom is -0.489 e. The van der Waals surface area contributed by atoms with E-state index in [1.54, 1.807) is 13.1 Å². The molecule has 1 aromatic carbocycles. The van der Waals surface area contributed by atoms with Gasteiger partial charge in [0.1, 0.15) is 29.8 Å². The number of nitrogens with one attached hydrogen (secondary N) is 1. The largest absolute Gasteiger partial charge is 0.489 e. The van der Waals surface area contributed by atoms with Crippen LogP contribution < -0.4 is 19.7 Å². The molecule has 3 aromatic rings. The van der Waals surface area contributed by atoms with E-state index in [0.717, 1.165) is 31.6 Å². The first-order valence-electron chi connectivity index (χ1n) is 12.2. The summed E-state index contributed by atoms with van der Waals surface area (Å²) in [5, 5.41) is 2.68. The molecule has 10 heteroatoms. The van der Waals surface area contributed by atoms with Crippen LogP contribution in [0.25, 0.3) is 0 Å². The molecule has 38 heavy (non-hydrogen) atoms. The highest BCUT2D eigenvalue weighted by Gasteiger charge is 2.31. The summed E-state index contributed by atoms with van der Waals surface area (Å²) in [5.41, 5.74) is 1.33. The van der Waals surface area contributed by atoms with Crippen molar-refractivity contribution in [2.75, 3.05) is 31.8 Å². The van der Waals surface area contributed by atoms with Gasteiger partial charge in [0, 0.05) is 50.2 Å². The van der Waals surface area contributed by atoms with Crippen LogP contribution in [0.1, 0.15) is 28.9 Å². The molecule has 0 spiro atoms. The van der Waals surface area contributed by atoms with E-state index < -0.39 is 17.9 Å². The highest BCUT2D eigenvalue weighted by atomic mass is 19.1. The summed E-state index contributed by atoms with van der Waals surface area (Å²) in [6.45, 7) is 1.38. The van der Waals surface area contributed by atoms with Crippen LogP contribution in [-0.2, 0) is 9.53 Å². The number of rotatable bonds is 4. The molecular weight excluding hydrogens is 491 g/mol. The van der Waals surface area contributed by atoms with E-state index in [1.807, 2.05) is 12.1 Å². The zero-order chi connectivity index (χ0) is 26.5. The van der Waals surface area contributed by atoms with Crippen molar-refractivity contribution in [2.24, 2.45) is 5.92 Å². The van der Waals surface area contributed by atoms with Crippen LogP contribution in [-0.4, -0.2) is 54.7 Å². The summed E-state index contributed by atoms with van der Waals surface area (Å²) >= 11 is 0. The number of likely N-dealkylation sites (N-methyl/N-ethyl adjacent to an activating group) is 1. The van der Waals surface area contributed by atoms with Crippen LogP contribution in [0.2, 0.25) is 0 Å². The van der Waals surface area contributed by atoms with Gasteiger partial charge in [-0.2, -0.15) is 4.39 Å². The number of hydrogen-bond acceptors (Lipinski definition) is 7. The van der Waals surface area contributed by atoms with Crippen molar-refractivity contribution in [3.63, 3.8) is 0 Å². The van der Waals surface area contributed by atoms with Gasteiger partial charge in [-0.1, -0.05) is 11.8 Å². The van der Waals surface area contributed by atoms with Gasteiger partial charge in [-0.05, 0) is 49.2 Å². The summed E-state index contributed by atoms with van der Waals surface area (Å²) in [7, 11) is 1.62. The number of anilines is 1. The zero-order valence-electron chi connectivity index (χ0n) is 20.6. The molecule has 1 saturated heterocycles. The number of halogens is 1. The molecule has 4 heterocycles. The van der Waals surface area contributed by atoms with E-state index in [1.165, 1.54) is 41.6 Å². The van der Waals surface area contributed by atoms with Crippen molar-refractivity contribution < 1.29 is 28.2 Å². The van der Waals surface area contributed by atoms with E-state index in [9.17, 15) is 14.0 Å². The molecule has 5 rings (SSSR count). The van der Waals surface area contributed by atoms with Crippen LogP contribution >= 0.6 is 0 Å². The van der Waals surface area contributed by atoms with E-state index >= 15 is 0 Å². The first-order valence-corrected chi connectivity index (χ1v) is 12.2. The number of nitrogens with zero attached hydrogens (tertiary/aromatic N) is 3. The third-order valence-electron chi connectivity index (χ3n) is 6.22. The van der Waals surface area contributed by atoms with Crippen LogP contribution in [0, 0.1) is 23.7 Å². The third-order valence-corrected chi connectivity index (χ3v) is 6.22. The van der Waals surface area contributed by atoms with Crippen LogP contribution in [0.4, 0.5) is 10.1 Å². The first kappa shape index (κ1) is 25.2. The van der Waals surface area contributed by atoms with Crippen molar-refractivity contribution >= 4 is 17.5 Å². The van der Waals surface area contributed by atoms with Gasteiger partial charge in [0.15, 0.2) is 5.75 Å². The predicted octanol–water partition coefficient (Wildman–Crippen LogP) is 3.34. The van der Waals surface area contributed by atoms with Gasteiger partial charge in [0.05, 0.1) is 5.69 Å². The predicted molar refractivity (Wildman–Crippen MR) is 136 cm³/mol. The standard InChI is InChI=1S/C28H25FN4O5/c1-33-23-15-19(5-4-18-9-13-36-14-10-18)6-7-24(23)37-17-22(28(33)35)32-27(34)21-16-20(8-12-30-21)38-25-3-2-11-31-26(25)29/h2-3,6-8,11-12,15-16,18,22H,9-10,13-14,17H2,1H3,(H,32,34). The lowest BCUT2D eigenvalue weighted by Crippen LogP contribution is -2.49. The fourth-order valence-corrected chi connectivity index (χ4v) is 4.11. The minimum atomic E-state index is -0.959. The molecule has 2 aliphatic heterocycles. The average Bonchev–Trinajstić information content (AvgIpc) is 3.06. The monoisotopic (exact) mass is 516 g/mol. The summed E-state index contributed by atoms with van der Waals surface area (Å²) < 4.78 is 30.6. The number of amides is 2. The number of carbonyl (C=O) groups excluding carboxylic acids is 2. The number of fused-ring (bicyclic) bond motifs is 1. The topological polar surface area (TPSA) is 103 Å². The number of hydrogen-bond donors (Lipinski definition) is 1. The second-order valence-electron chi connectivity index (χ2n) is 8.84. The second kappa shape index (κ2) is 11.3. The highest BCUT2D eigenvalue weighted by Crippen LogP contribution is 2.32. The van der Waals surface area contributed by atoms with Gasteiger partial charge < -0.3 is 24.4 Å². The molecule has 2 amide bonds. The Morgan fingerprint density at radius 1 is 1.16 bits per heavy atom. The van der Waals surface area contributed by atoms with Gasteiger partial charge >= 0.3 is 0 Å². The Hall–Kier alpha value is -4.49. The van der Waals surface area contributed by atoms with E-state index in [2.05, 4.69) is 27.1 Å². The Bertz CT molecular complexity index is 1410. The van der Waals surface area contributed by atoms with Crippen LogP contribution in [0.15, 0.2) is 54.9 Å². The maximum absolute atomic E-state index is 13.8. The van der Waals surface area contributed by atoms with Crippen molar-refractivity contribution in [3.8, 4) is 29.1 Å². The maximum atomic E-state index is 13.8. The molecule has 1 fully saturated rings. The second-order valence-corrected chi connectivity index (χ2v) is 8.84. The van der Waals surface area contributed by atoms with E-state index in [0.29, 0.717) is 17.4 Å². The molecule has 194 valence electrons. The molecule has 0 bridgehead atoms. The van der Waals surface area contributed by atoms with Crippen LogP contribution in [0.5, 0.6) is 17.2 Å². The van der Waals surface area contributed by atoms with Gasteiger partial charge in [-0.15, -0.1) is 0 Å². The Morgan fingerprint density at radius 3 is 2.82 bits per heavy atom. The zero-order valence-corrected chi connectivity index (χ0v) is 20.6. The quantitative estimate of drug-likeness (QED) is 0.419. The number of aromatic nitrogens is 2. The normalized spacial score (nSPS) is 17.4. The smallest absolute Gasteiger partial charge is 0.270 e. The molecule has 1 atom stereocenters. The Labute approximate surface area is 218 Å². The molecule has 2 aromatic heterocycles. The molecule has 2 aliphatic rings. The number of ether oxygens (including phenoxy) is 3. The SMILES string of the molecule is CN1C(=O)C(NC(=O)c2cc(Oc3cccnc3F)ccn2)COc2ccc(C#CC3CCOCC3)cc21. The van der Waals surface area contributed by atoms with Crippen molar-refractivity contribution in [1.82, 2.24) is 15.3 Å². The lowest BCUT2D eigenvalue weighted by molar-refractivity contribution is -0.120. The van der Waals surface area contributed by atoms with Crippen molar-refractivity contribution in [1.29, 1.82) is 0 Å². The third kappa shape index (κ3) is 5.74. The van der Waals surface area contributed by atoms with Crippen molar-refractivity contribution in [2.45, 2.75) is 18.9 Å². The molecular formula is C28H25FN4O5. The maximum Gasteiger partial charge on any atom is 0.270 e. The summed E-state index contributed by atoms with van der Waals surface area (Å²) in [4.78, 5) is 35.2. The van der Waals surface area contributed by atoms with Crippen molar-refractivity contribution in [3.05, 3.63) is 72.1 Å².